The van der Waals surface area contributed by atoms with Crippen molar-refractivity contribution in [2.45, 2.75) is 19.5 Å². The number of nitrogens with one attached hydrogen (secondary N) is 1. The number of nitrogens with two attached hydrogens (primary N) is 1. The number of aromatic amines is 1. The fourth-order valence-corrected chi connectivity index (χ4v) is 2.34. The predicted octanol–water partition coefficient (Wildman–Crippen LogP) is 1.92. The molecule has 4 nitrogen and oxygen atoms in total. The fraction of sp³-hybridized carbons (Fsp3) is 0.417. The summed E-state index contributed by atoms with van der Waals surface area (Å²) in [6.07, 6.45) is 1.90. The zero-order chi connectivity index (χ0) is 12.3. The van der Waals surface area contributed by atoms with E-state index in [0.717, 1.165) is 12.2 Å². The molecule has 0 aliphatic heterocycles. The summed E-state index contributed by atoms with van der Waals surface area (Å²) in [6.45, 7) is 3.66. The van der Waals surface area contributed by atoms with Gasteiger partial charge in [0, 0.05) is 35.6 Å². The summed E-state index contributed by atoms with van der Waals surface area (Å²) < 4.78 is 0. The van der Waals surface area contributed by atoms with Gasteiger partial charge in [-0.2, -0.15) is 16.4 Å². The molecule has 0 aromatic carbocycles. The molecule has 0 saturated carbocycles. The molecule has 1 unspecified atom stereocenters. The number of hydrogen-bond acceptors (Lipinski definition) is 4. The number of thiophene rings is 1. The molecular weight excluding hydrogens is 232 g/mol. The van der Waals surface area contributed by atoms with Crippen LogP contribution in [0.25, 0.3) is 11.3 Å². The molecule has 0 fully saturated rings. The SMILES string of the molecule is CC(CN)N(C)Cc1cn[nH]c1-c1ccsc1. The fourth-order valence-electron chi connectivity index (χ4n) is 1.69. The van der Waals surface area contributed by atoms with Gasteiger partial charge < -0.3 is 5.73 Å². The molecule has 3 N–H and O–H groups in total. The maximum Gasteiger partial charge on any atom is 0.0703 e. The van der Waals surface area contributed by atoms with Gasteiger partial charge in [-0.1, -0.05) is 0 Å². The van der Waals surface area contributed by atoms with Crippen molar-refractivity contribution in [2.24, 2.45) is 5.73 Å². The molecule has 2 rings (SSSR count). The summed E-state index contributed by atoms with van der Waals surface area (Å²) in [5, 5.41) is 11.4. The summed E-state index contributed by atoms with van der Waals surface area (Å²) in [7, 11) is 2.09. The maximum atomic E-state index is 5.67. The van der Waals surface area contributed by atoms with Crippen LogP contribution >= 0.6 is 11.3 Å². The smallest absolute Gasteiger partial charge is 0.0703 e. The van der Waals surface area contributed by atoms with Gasteiger partial charge in [-0.3, -0.25) is 10.00 Å². The summed E-state index contributed by atoms with van der Waals surface area (Å²) in [5.74, 6) is 0. The van der Waals surface area contributed by atoms with Gasteiger partial charge in [-0.15, -0.1) is 0 Å². The lowest BCUT2D eigenvalue weighted by molar-refractivity contribution is 0.255. The van der Waals surface area contributed by atoms with E-state index < -0.39 is 0 Å². The van der Waals surface area contributed by atoms with E-state index in [9.17, 15) is 0 Å². The van der Waals surface area contributed by atoms with Gasteiger partial charge in [0.25, 0.3) is 0 Å². The minimum atomic E-state index is 0.375. The van der Waals surface area contributed by atoms with Crippen molar-refractivity contribution in [1.29, 1.82) is 0 Å². The predicted molar refractivity (Wildman–Crippen MR) is 71.9 cm³/mol. The zero-order valence-corrected chi connectivity index (χ0v) is 11.0. The van der Waals surface area contributed by atoms with Crippen molar-refractivity contribution in [3.8, 4) is 11.3 Å². The highest BCUT2D eigenvalue weighted by Gasteiger charge is 2.13. The Morgan fingerprint density at radius 3 is 3.06 bits per heavy atom. The molecule has 0 radical (unpaired) electrons. The average molecular weight is 250 g/mol. The molecule has 0 spiro atoms. The molecule has 2 aromatic heterocycles. The van der Waals surface area contributed by atoms with Gasteiger partial charge in [0.1, 0.15) is 0 Å². The van der Waals surface area contributed by atoms with Crippen molar-refractivity contribution in [2.75, 3.05) is 13.6 Å². The largest absolute Gasteiger partial charge is 0.329 e. The van der Waals surface area contributed by atoms with Gasteiger partial charge in [0.05, 0.1) is 11.9 Å². The highest BCUT2D eigenvalue weighted by molar-refractivity contribution is 7.08. The number of hydrogen-bond donors (Lipinski definition) is 2. The van der Waals surface area contributed by atoms with Gasteiger partial charge in [0.15, 0.2) is 0 Å². The number of aromatic nitrogens is 2. The Morgan fingerprint density at radius 1 is 1.59 bits per heavy atom. The number of nitrogens with zero attached hydrogens (tertiary/aromatic N) is 2. The van der Waals surface area contributed by atoms with Crippen molar-refractivity contribution >= 4 is 11.3 Å². The van der Waals surface area contributed by atoms with E-state index in [0.29, 0.717) is 12.6 Å². The first-order chi connectivity index (χ1) is 8.22. The zero-order valence-electron chi connectivity index (χ0n) is 10.2. The Kier molecular flexibility index (Phi) is 3.93. The molecule has 0 bridgehead atoms. The van der Waals surface area contributed by atoms with E-state index in [2.05, 4.69) is 45.9 Å². The molecule has 17 heavy (non-hydrogen) atoms. The average Bonchev–Trinajstić information content (AvgIpc) is 2.97. The van der Waals surface area contributed by atoms with E-state index in [1.165, 1.54) is 11.1 Å². The molecule has 2 heterocycles. The lowest BCUT2D eigenvalue weighted by atomic mass is 10.1. The van der Waals surface area contributed by atoms with Crippen LogP contribution in [0.5, 0.6) is 0 Å². The third-order valence-corrected chi connectivity index (χ3v) is 3.72. The Labute approximate surface area is 105 Å². The molecule has 2 aromatic rings. The molecule has 0 aliphatic carbocycles. The summed E-state index contributed by atoms with van der Waals surface area (Å²) >= 11 is 1.69. The van der Waals surface area contributed by atoms with Crippen molar-refractivity contribution in [3.63, 3.8) is 0 Å². The van der Waals surface area contributed by atoms with E-state index >= 15 is 0 Å². The highest BCUT2D eigenvalue weighted by atomic mass is 32.1. The van der Waals surface area contributed by atoms with E-state index in [1.807, 2.05) is 6.20 Å². The van der Waals surface area contributed by atoms with Crippen molar-refractivity contribution in [3.05, 3.63) is 28.6 Å². The van der Waals surface area contributed by atoms with Crippen LogP contribution in [0, 0.1) is 0 Å². The first kappa shape index (κ1) is 12.3. The van der Waals surface area contributed by atoms with Crippen LogP contribution in [0.3, 0.4) is 0 Å². The number of H-pyrrole nitrogens is 1. The van der Waals surface area contributed by atoms with Crippen LogP contribution in [-0.2, 0) is 6.54 Å². The van der Waals surface area contributed by atoms with Crippen LogP contribution in [0.15, 0.2) is 23.0 Å². The van der Waals surface area contributed by atoms with Crippen LogP contribution in [0.1, 0.15) is 12.5 Å². The molecule has 5 heteroatoms. The van der Waals surface area contributed by atoms with Crippen molar-refractivity contribution < 1.29 is 0 Å². The second kappa shape index (κ2) is 5.44. The van der Waals surface area contributed by atoms with E-state index in [4.69, 9.17) is 5.73 Å². The van der Waals surface area contributed by atoms with Crippen LogP contribution in [0.2, 0.25) is 0 Å². The topological polar surface area (TPSA) is 57.9 Å². The Balaban J connectivity index is 2.15. The van der Waals surface area contributed by atoms with Gasteiger partial charge in [0.2, 0.25) is 0 Å². The number of likely N-dealkylation sites (N-methyl/N-ethyl adjacent to an activating group) is 1. The second-order valence-electron chi connectivity index (χ2n) is 4.28. The first-order valence-corrected chi connectivity index (χ1v) is 6.61. The Morgan fingerprint density at radius 2 is 2.41 bits per heavy atom. The maximum absolute atomic E-state index is 5.67. The second-order valence-corrected chi connectivity index (χ2v) is 5.06. The van der Waals surface area contributed by atoms with Gasteiger partial charge in [-0.25, -0.2) is 0 Å². The first-order valence-electron chi connectivity index (χ1n) is 5.67. The van der Waals surface area contributed by atoms with Crippen LogP contribution < -0.4 is 5.73 Å². The highest BCUT2D eigenvalue weighted by Crippen LogP contribution is 2.24. The molecular formula is C12H18N4S. The van der Waals surface area contributed by atoms with Gasteiger partial charge >= 0.3 is 0 Å². The van der Waals surface area contributed by atoms with Crippen LogP contribution in [0.4, 0.5) is 0 Å². The lowest BCUT2D eigenvalue weighted by Crippen LogP contribution is -2.34. The monoisotopic (exact) mass is 250 g/mol. The minimum absolute atomic E-state index is 0.375. The Hall–Kier alpha value is -1.17. The van der Waals surface area contributed by atoms with Crippen molar-refractivity contribution in [1.82, 2.24) is 15.1 Å². The standard InChI is InChI=1S/C12H18N4S/c1-9(5-13)16(2)7-11-6-14-15-12(11)10-3-4-17-8-10/h3-4,6,8-9H,5,7,13H2,1-2H3,(H,14,15). The summed E-state index contributed by atoms with van der Waals surface area (Å²) in [5.41, 5.74) is 9.20. The van der Waals surface area contributed by atoms with E-state index in [-0.39, 0.29) is 0 Å². The summed E-state index contributed by atoms with van der Waals surface area (Å²) in [6, 6.07) is 2.48. The third kappa shape index (κ3) is 2.74. The normalized spacial score (nSPS) is 13.2. The number of rotatable bonds is 5. The van der Waals surface area contributed by atoms with Crippen LogP contribution in [-0.4, -0.2) is 34.7 Å². The minimum Gasteiger partial charge on any atom is -0.329 e. The molecule has 0 amide bonds. The molecule has 0 aliphatic rings. The molecule has 92 valence electrons. The summed E-state index contributed by atoms with van der Waals surface area (Å²) in [4.78, 5) is 2.24. The third-order valence-electron chi connectivity index (χ3n) is 3.04. The van der Waals surface area contributed by atoms with E-state index in [1.54, 1.807) is 11.3 Å². The molecule has 0 saturated heterocycles. The van der Waals surface area contributed by atoms with Gasteiger partial charge in [-0.05, 0) is 25.4 Å². The Bertz CT molecular complexity index is 449. The molecule has 1 atom stereocenters. The quantitative estimate of drug-likeness (QED) is 0.852. The lowest BCUT2D eigenvalue weighted by Gasteiger charge is -2.22.